The molecule has 4 heteroatoms. The van der Waals surface area contributed by atoms with E-state index in [4.69, 9.17) is 10.8 Å². The Morgan fingerprint density at radius 3 is 2.60 bits per heavy atom. The molecule has 0 unspecified atom stereocenters. The van der Waals surface area contributed by atoms with Crippen LogP contribution in [0.2, 0.25) is 0 Å². The average Bonchev–Trinajstić information content (AvgIpc) is 1.82. The number of nitrogens with two attached hydrogens (primary N) is 1. The van der Waals surface area contributed by atoms with Crippen molar-refractivity contribution in [3.8, 4) is 0 Å². The predicted molar refractivity (Wildman–Crippen MR) is 42.3 cm³/mol. The second-order valence-electron chi connectivity index (χ2n) is 1.81. The lowest BCUT2D eigenvalue weighted by atomic mass is 10.2. The van der Waals surface area contributed by atoms with Gasteiger partial charge in [-0.3, -0.25) is 4.79 Å². The smallest absolute Gasteiger partial charge is 0.320 e. The highest BCUT2D eigenvalue weighted by Gasteiger charge is 2.08. The second-order valence-corrected chi connectivity index (χ2v) is 1.81. The fourth-order valence-electron chi connectivity index (χ4n) is 0.421. The molecular formula is C6H12ClNO2. The molecule has 0 aliphatic carbocycles. The van der Waals surface area contributed by atoms with Gasteiger partial charge in [0.1, 0.15) is 6.04 Å². The maximum atomic E-state index is 10.0. The molecular weight excluding hydrogens is 154 g/mol. The number of halogens is 1. The summed E-state index contributed by atoms with van der Waals surface area (Å²) in [5.74, 6) is -0.947. The van der Waals surface area contributed by atoms with E-state index < -0.39 is 12.0 Å². The van der Waals surface area contributed by atoms with Gasteiger partial charge in [0, 0.05) is 0 Å². The number of carboxylic acids is 1. The Hall–Kier alpha value is -0.540. The largest absolute Gasteiger partial charge is 0.480 e. The zero-order chi connectivity index (χ0) is 7.28. The Balaban J connectivity index is 0. The number of carbonyl (C=O) groups is 1. The molecule has 0 heterocycles. The van der Waals surface area contributed by atoms with E-state index in [9.17, 15) is 4.79 Å². The Labute approximate surface area is 66.3 Å². The first-order chi connectivity index (χ1) is 4.18. The summed E-state index contributed by atoms with van der Waals surface area (Å²) in [6.07, 6.45) is 2.79. The molecule has 0 saturated heterocycles. The van der Waals surface area contributed by atoms with Crippen LogP contribution in [-0.2, 0) is 4.79 Å². The lowest BCUT2D eigenvalue weighted by Crippen LogP contribution is -2.29. The van der Waals surface area contributed by atoms with Crippen molar-refractivity contribution in [2.45, 2.75) is 18.9 Å². The monoisotopic (exact) mass is 165 g/mol. The molecule has 60 valence electrons. The van der Waals surface area contributed by atoms with Crippen LogP contribution in [0.1, 0.15) is 12.8 Å². The van der Waals surface area contributed by atoms with Crippen LogP contribution in [0.5, 0.6) is 0 Å². The van der Waals surface area contributed by atoms with Crippen LogP contribution < -0.4 is 5.73 Å². The van der Waals surface area contributed by atoms with Crippen LogP contribution in [-0.4, -0.2) is 17.1 Å². The standard InChI is InChI=1S/C6H11NO2.ClH/c1-2-3-4-5(7)6(8)9;/h2,5H,1,3-4,7H2,(H,8,9);1H/t5-;/m0./s1. The minimum absolute atomic E-state index is 0. The molecule has 0 radical (unpaired) electrons. The van der Waals surface area contributed by atoms with Gasteiger partial charge in [-0.2, -0.15) is 0 Å². The number of allylic oxidation sites excluding steroid dienone is 1. The maximum absolute atomic E-state index is 10.0. The molecule has 0 aromatic carbocycles. The van der Waals surface area contributed by atoms with Gasteiger partial charge in [0.05, 0.1) is 0 Å². The van der Waals surface area contributed by atoms with Gasteiger partial charge < -0.3 is 10.8 Å². The Bertz CT molecular complexity index is 116. The van der Waals surface area contributed by atoms with Crippen LogP contribution in [0.25, 0.3) is 0 Å². The second kappa shape index (κ2) is 6.58. The zero-order valence-electron chi connectivity index (χ0n) is 5.62. The number of aliphatic carboxylic acids is 1. The highest BCUT2D eigenvalue weighted by Crippen LogP contribution is 1.93. The highest BCUT2D eigenvalue weighted by atomic mass is 35.5. The normalized spacial score (nSPS) is 11.3. The summed E-state index contributed by atoms with van der Waals surface area (Å²) >= 11 is 0. The van der Waals surface area contributed by atoms with E-state index in [1.165, 1.54) is 0 Å². The van der Waals surface area contributed by atoms with Crippen molar-refractivity contribution in [1.29, 1.82) is 0 Å². The molecule has 1 atom stereocenters. The van der Waals surface area contributed by atoms with Crippen molar-refractivity contribution in [3.63, 3.8) is 0 Å². The maximum Gasteiger partial charge on any atom is 0.320 e. The summed E-state index contributed by atoms with van der Waals surface area (Å²) in [6, 6.07) is -0.733. The van der Waals surface area contributed by atoms with Crippen molar-refractivity contribution in [1.82, 2.24) is 0 Å². The molecule has 0 aromatic rings. The topological polar surface area (TPSA) is 63.3 Å². The van der Waals surface area contributed by atoms with Gasteiger partial charge in [0.25, 0.3) is 0 Å². The average molecular weight is 166 g/mol. The van der Waals surface area contributed by atoms with Gasteiger partial charge in [0.15, 0.2) is 0 Å². The van der Waals surface area contributed by atoms with Gasteiger partial charge >= 0.3 is 5.97 Å². The van der Waals surface area contributed by atoms with Crippen LogP contribution in [0.3, 0.4) is 0 Å². The van der Waals surface area contributed by atoms with Crippen molar-refractivity contribution in [2.75, 3.05) is 0 Å². The zero-order valence-corrected chi connectivity index (χ0v) is 6.43. The van der Waals surface area contributed by atoms with Gasteiger partial charge in [-0.05, 0) is 12.8 Å². The van der Waals surface area contributed by atoms with E-state index in [-0.39, 0.29) is 12.4 Å². The molecule has 10 heavy (non-hydrogen) atoms. The minimum Gasteiger partial charge on any atom is -0.480 e. The molecule has 0 aliphatic heterocycles. The summed E-state index contributed by atoms with van der Waals surface area (Å²) in [5.41, 5.74) is 5.16. The summed E-state index contributed by atoms with van der Waals surface area (Å²) in [4.78, 5) is 10.0. The quantitative estimate of drug-likeness (QED) is 0.606. The van der Waals surface area contributed by atoms with Gasteiger partial charge in [-0.1, -0.05) is 6.08 Å². The van der Waals surface area contributed by atoms with Gasteiger partial charge in [0.2, 0.25) is 0 Å². The predicted octanol–water partition coefficient (Wildman–Crippen LogP) is 0.786. The van der Waals surface area contributed by atoms with Crippen molar-refractivity contribution < 1.29 is 9.90 Å². The fourth-order valence-corrected chi connectivity index (χ4v) is 0.421. The first-order valence-electron chi connectivity index (χ1n) is 2.77. The van der Waals surface area contributed by atoms with E-state index in [2.05, 4.69) is 6.58 Å². The van der Waals surface area contributed by atoms with E-state index >= 15 is 0 Å². The van der Waals surface area contributed by atoms with Crippen LogP contribution in [0.4, 0.5) is 0 Å². The van der Waals surface area contributed by atoms with Crippen LogP contribution in [0, 0.1) is 0 Å². The van der Waals surface area contributed by atoms with Crippen molar-refractivity contribution >= 4 is 18.4 Å². The summed E-state index contributed by atoms with van der Waals surface area (Å²) in [7, 11) is 0. The molecule has 0 rings (SSSR count). The SMILES string of the molecule is C=CCC[C@H](N)C(=O)O.Cl. The van der Waals surface area contributed by atoms with Gasteiger partial charge in [-0.15, -0.1) is 19.0 Å². The third-order valence-electron chi connectivity index (χ3n) is 0.999. The number of hydrogen-bond acceptors (Lipinski definition) is 2. The highest BCUT2D eigenvalue weighted by molar-refractivity contribution is 5.85. The third-order valence-corrected chi connectivity index (χ3v) is 0.999. The van der Waals surface area contributed by atoms with E-state index in [1.54, 1.807) is 6.08 Å². The van der Waals surface area contributed by atoms with Crippen molar-refractivity contribution in [3.05, 3.63) is 12.7 Å². The molecule has 0 aromatic heterocycles. The minimum atomic E-state index is -0.947. The molecule has 0 amide bonds. The molecule has 3 nitrogen and oxygen atoms in total. The summed E-state index contributed by atoms with van der Waals surface area (Å²) in [5, 5.41) is 8.25. The fraction of sp³-hybridized carbons (Fsp3) is 0.500. The van der Waals surface area contributed by atoms with Gasteiger partial charge in [-0.25, -0.2) is 0 Å². The lowest BCUT2D eigenvalue weighted by molar-refractivity contribution is -0.138. The van der Waals surface area contributed by atoms with E-state index in [1.807, 2.05) is 0 Å². The lowest BCUT2D eigenvalue weighted by Gasteiger charge is -2.01. The molecule has 0 aliphatic rings. The number of rotatable bonds is 4. The first-order valence-corrected chi connectivity index (χ1v) is 2.77. The Morgan fingerprint density at radius 2 is 2.30 bits per heavy atom. The van der Waals surface area contributed by atoms with Crippen LogP contribution in [0.15, 0.2) is 12.7 Å². The molecule has 0 spiro atoms. The van der Waals surface area contributed by atoms with E-state index in [0.29, 0.717) is 12.8 Å². The molecule has 0 bridgehead atoms. The first kappa shape index (κ1) is 12.2. The van der Waals surface area contributed by atoms with E-state index in [0.717, 1.165) is 0 Å². The summed E-state index contributed by atoms with van der Waals surface area (Å²) in [6.45, 7) is 3.44. The van der Waals surface area contributed by atoms with Crippen LogP contribution >= 0.6 is 12.4 Å². The molecule has 0 fully saturated rings. The third kappa shape index (κ3) is 5.59. The van der Waals surface area contributed by atoms with Crippen molar-refractivity contribution in [2.24, 2.45) is 5.73 Å². The molecule has 3 N–H and O–H groups in total. The molecule has 0 saturated carbocycles. The Kier molecular flexibility index (Phi) is 8.00. The number of carboxylic acid groups (broad SMARTS) is 1. The number of hydrogen-bond donors (Lipinski definition) is 2. The Morgan fingerprint density at radius 1 is 1.80 bits per heavy atom. The summed E-state index contributed by atoms with van der Waals surface area (Å²) < 4.78 is 0.